The van der Waals surface area contributed by atoms with E-state index in [1.54, 1.807) is 24.4 Å². The number of rotatable bonds is 13. The molecule has 0 fully saturated rings. The van der Waals surface area contributed by atoms with E-state index in [4.69, 9.17) is 36.3 Å². The molecule has 0 radical (unpaired) electrons. The van der Waals surface area contributed by atoms with Crippen molar-refractivity contribution in [3.63, 3.8) is 0 Å². The molecule has 2 heterocycles. The molecular formula is C34H33ClN4O6. The molecular weight excluding hydrogens is 596 g/mol. The Hall–Kier alpha value is -4.82. The molecule has 3 aromatic carbocycles. The van der Waals surface area contributed by atoms with Gasteiger partial charge in [0.05, 0.1) is 10.6 Å². The molecule has 0 bridgehead atoms. The Kier molecular flexibility index (Phi) is 10.4. The summed E-state index contributed by atoms with van der Waals surface area (Å²) in [7, 11) is 0. The number of carboxylic acid groups (broad SMARTS) is 1. The van der Waals surface area contributed by atoms with Gasteiger partial charge in [0.2, 0.25) is 0 Å². The Morgan fingerprint density at radius 3 is 2.64 bits per heavy atom. The number of ether oxygens (including phenoxy) is 4. The van der Waals surface area contributed by atoms with Crippen LogP contribution in [0.2, 0.25) is 5.02 Å². The van der Waals surface area contributed by atoms with Gasteiger partial charge in [-0.15, -0.1) is 0 Å². The van der Waals surface area contributed by atoms with Crippen LogP contribution in [0.3, 0.4) is 0 Å². The molecule has 4 aromatic rings. The number of nitriles is 1. The zero-order valence-electron chi connectivity index (χ0n) is 24.7. The minimum atomic E-state index is -0.998. The molecule has 0 amide bonds. The Labute approximate surface area is 266 Å². The highest BCUT2D eigenvalue weighted by atomic mass is 35.5. The van der Waals surface area contributed by atoms with Crippen molar-refractivity contribution in [3.05, 3.63) is 99.8 Å². The molecule has 1 aromatic heterocycles. The second-order valence-electron chi connectivity index (χ2n) is 10.5. The predicted octanol–water partition coefficient (Wildman–Crippen LogP) is 5.40. The van der Waals surface area contributed by atoms with Crippen molar-refractivity contribution < 1.29 is 28.8 Å². The fourth-order valence-corrected chi connectivity index (χ4v) is 5.22. The van der Waals surface area contributed by atoms with Gasteiger partial charge in [0.15, 0.2) is 11.5 Å². The maximum atomic E-state index is 11.7. The van der Waals surface area contributed by atoms with Crippen LogP contribution in [0.5, 0.6) is 23.0 Å². The standard InChI is InChI=1S/C34H33ClN4O6/c1-21-25(3-2-4-27(21)24-5-6-30-33(13-24)43-10-9-42-30)20-45-32-14-31(44-19-23-11-22(15-37)16-38-17-23)26(12-28(32)35)18-39-29(7-8-36)34(40)41/h2-6,11-14,16-17,29,39H,7-10,18-20,36H2,1H3,(H,40,41)/t29-/m0/s1. The molecule has 1 aliphatic heterocycles. The van der Waals surface area contributed by atoms with Gasteiger partial charge in [-0.25, -0.2) is 0 Å². The van der Waals surface area contributed by atoms with E-state index in [1.807, 2.05) is 37.3 Å². The second-order valence-corrected chi connectivity index (χ2v) is 10.9. The van der Waals surface area contributed by atoms with Crippen molar-refractivity contribution in [1.29, 1.82) is 5.26 Å². The molecule has 0 unspecified atom stereocenters. The van der Waals surface area contributed by atoms with Crippen LogP contribution >= 0.6 is 11.6 Å². The average Bonchev–Trinajstić information content (AvgIpc) is 3.05. The van der Waals surface area contributed by atoms with Crippen molar-refractivity contribution in [2.75, 3.05) is 19.8 Å². The van der Waals surface area contributed by atoms with Crippen LogP contribution in [0.15, 0.2) is 67.0 Å². The number of halogens is 1. The zero-order valence-corrected chi connectivity index (χ0v) is 25.5. The minimum Gasteiger partial charge on any atom is -0.488 e. The van der Waals surface area contributed by atoms with Crippen molar-refractivity contribution >= 4 is 17.6 Å². The summed E-state index contributed by atoms with van der Waals surface area (Å²) in [5, 5.41) is 22.1. The van der Waals surface area contributed by atoms with E-state index in [0.29, 0.717) is 46.4 Å². The van der Waals surface area contributed by atoms with Crippen LogP contribution < -0.4 is 30.0 Å². The summed E-state index contributed by atoms with van der Waals surface area (Å²) in [6, 6.07) is 18.3. The van der Waals surface area contributed by atoms with Gasteiger partial charge in [0.25, 0.3) is 0 Å². The molecule has 1 atom stereocenters. The lowest BCUT2D eigenvalue weighted by molar-refractivity contribution is -0.139. The van der Waals surface area contributed by atoms with E-state index in [-0.39, 0.29) is 32.7 Å². The molecule has 4 N–H and O–H groups in total. The normalized spacial score (nSPS) is 12.7. The highest BCUT2D eigenvalue weighted by Gasteiger charge is 2.19. The first-order valence-corrected chi connectivity index (χ1v) is 14.8. The Bertz CT molecular complexity index is 1720. The van der Waals surface area contributed by atoms with Crippen LogP contribution in [0.25, 0.3) is 11.1 Å². The summed E-state index contributed by atoms with van der Waals surface area (Å²) in [6.45, 7) is 3.84. The third-order valence-corrected chi connectivity index (χ3v) is 7.70. The molecule has 1 aliphatic rings. The lowest BCUT2D eigenvalue weighted by Gasteiger charge is -2.20. The summed E-state index contributed by atoms with van der Waals surface area (Å²) < 4.78 is 23.8. The van der Waals surface area contributed by atoms with Gasteiger partial charge in [0, 0.05) is 36.1 Å². The van der Waals surface area contributed by atoms with Gasteiger partial charge in [-0.1, -0.05) is 35.9 Å². The first-order valence-electron chi connectivity index (χ1n) is 14.4. The fourth-order valence-electron chi connectivity index (χ4n) is 4.98. The summed E-state index contributed by atoms with van der Waals surface area (Å²) in [4.78, 5) is 15.8. The van der Waals surface area contributed by atoms with E-state index in [9.17, 15) is 15.2 Å². The number of benzene rings is 3. The largest absolute Gasteiger partial charge is 0.488 e. The number of fused-ring (bicyclic) bond motifs is 1. The van der Waals surface area contributed by atoms with Crippen LogP contribution in [0, 0.1) is 18.3 Å². The number of hydrogen-bond acceptors (Lipinski definition) is 9. The number of aromatic nitrogens is 1. The van der Waals surface area contributed by atoms with E-state index in [0.717, 1.165) is 33.8 Å². The molecule has 11 heteroatoms. The van der Waals surface area contributed by atoms with Crippen molar-refractivity contribution in [3.8, 4) is 40.2 Å². The summed E-state index contributed by atoms with van der Waals surface area (Å²) in [6.07, 6.45) is 3.35. The topological polar surface area (TPSA) is 149 Å². The molecule has 0 spiro atoms. The Balaban J connectivity index is 1.37. The number of nitrogens with two attached hydrogens (primary N) is 1. The first-order chi connectivity index (χ1) is 21.9. The van der Waals surface area contributed by atoms with Crippen molar-refractivity contribution in [2.45, 2.75) is 39.1 Å². The van der Waals surface area contributed by atoms with Crippen molar-refractivity contribution in [2.24, 2.45) is 5.73 Å². The van der Waals surface area contributed by atoms with E-state index in [1.165, 1.54) is 6.20 Å². The molecule has 5 rings (SSSR count). The lowest BCUT2D eigenvalue weighted by atomic mass is 9.96. The molecule has 10 nitrogen and oxygen atoms in total. The number of carboxylic acids is 1. The maximum Gasteiger partial charge on any atom is 0.320 e. The highest BCUT2D eigenvalue weighted by Crippen LogP contribution is 2.37. The lowest BCUT2D eigenvalue weighted by Crippen LogP contribution is -2.37. The second kappa shape index (κ2) is 14.8. The first kappa shape index (κ1) is 31.6. The average molecular weight is 629 g/mol. The number of aliphatic carboxylic acids is 1. The smallest absolute Gasteiger partial charge is 0.320 e. The molecule has 0 aliphatic carbocycles. The van der Waals surface area contributed by atoms with Crippen LogP contribution in [-0.4, -0.2) is 41.9 Å². The fraction of sp³-hybridized carbons (Fsp3) is 0.265. The van der Waals surface area contributed by atoms with Gasteiger partial charge < -0.3 is 35.1 Å². The quantitative estimate of drug-likeness (QED) is 0.176. The van der Waals surface area contributed by atoms with Crippen LogP contribution in [0.4, 0.5) is 0 Å². The SMILES string of the molecule is Cc1c(COc2cc(OCc3cncc(C#N)c3)c(CN[C@@H](CCN)C(=O)O)cc2Cl)cccc1-c1ccc2c(c1)OCCO2. The zero-order chi connectivity index (χ0) is 31.8. The summed E-state index contributed by atoms with van der Waals surface area (Å²) in [5.41, 5.74) is 11.4. The molecule has 232 valence electrons. The maximum absolute atomic E-state index is 11.7. The van der Waals surface area contributed by atoms with Crippen LogP contribution in [-0.2, 0) is 24.6 Å². The highest BCUT2D eigenvalue weighted by molar-refractivity contribution is 6.32. The van der Waals surface area contributed by atoms with E-state index < -0.39 is 12.0 Å². The Morgan fingerprint density at radius 1 is 1.07 bits per heavy atom. The van der Waals surface area contributed by atoms with Crippen LogP contribution in [0.1, 0.15) is 34.2 Å². The molecule has 0 saturated carbocycles. The number of nitrogens with one attached hydrogen (secondary N) is 1. The van der Waals surface area contributed by atoms with Gasteiger partial charge in [0.1, 0.15) is 50.0 Å². The monoisotopic (exact) mass is 628 g/mol. The van der Waals surface area contributed by atoms with Gasteiger partial charge >= 0.3 is 5.97 Å². The number of pyridine rings is 1. The third-order valence-electron chi connectivity index (χ3n) is 7.41. The van der Waals surface area contributed by atoms with E-state index >= 15 is 0 Å². The van der Waals surface area contributed by atoms with Gasteiger partial charge in [-0.05, 0) is 66.4 Å². The third kappa shape index (κ3) is 7.83. The van der Waals surface area contributed by atoms with E-state index in [2.05, 4.69) is 22.4 Å². The van der Waals surface area contributed by atoms with Crippen molar-refractivity contribution in [1.82, 2.24) is 10.3 Å². The molecule has 0 saturated heterocycles. The number of nitrogens with zero attached hydrogens (tertiary/aromatic N) is 2. The summed E-state index contributed by atoms with van der Waals surface area (Å²) >= 11 is 6.68. The summed E-state index contributed by atoms with van der Waals surface area (Å²) in [5.74, 6) is 1.31. The predicted molar refractivity (Wildman–Crippen MR) is 169 cm³/mol. The number of carbonyl (C=O) groups is 1. The van der Waals surface area contributed by atoms with Gasteiger partial charge in [-0.2, -0.15) is 5.26 Å². The van der Waals surface area contributed by atoms with Gasteiger partial charge in [-0.3, -0.25) is 9.78 Å². The molecule has 45 heavy (non-hydrogen) atoms. The number of hydrogen-bond donors (Lipinski definition) is 3. The Morgan fingerprint density at radius 2 is 1.87 bits per heavy atom. The minimum absolute atomic E-state index is 0.123.